The molecule has 0 atom stereocenters. The number of hydrogen-bond donors (Lipinski definition) is 1. The van der Waals surface area contributed by atoms with E-state index in [1.165, 1.54) is 6.92 Å². The lowest BCUT2D eigenvalue weighted by atomic mass is 10.0. The highest BCUT2D eigenvalue weighted by atomic mass is 16.1. The highest BCUT2D eigenvalue weighted by Gasteiger charge is 2.09. The van der Waals surface area contributed by atoms with Crippen LogP contribution in [0.2, 0.25) is 0 Å². The molecule has 0 aromatic heterocycles. The quantitative estimate of drug-likeness (QED) is 0.818. The Bertz CT molecular complexity index is 675. The average molecular weight is 279 g/mol. The largest absolute Gasteiger partial charge is 0.359 e. The van der Waals surface area contributed by atoms with Gasteiger partial charge in [-0.2, -0.15) is 0 Å². The van der Waals surface area contributed by atoms with Crippen molar-refractivity contribution in [2.24, 2.45) is 0 Å². The van der Waals surface area contributed by atoms with Crippen LogP contribution in [0.25, 0.3) is 0 Å². The number of rotatable bonds is 6. The number of anilines is 1. The van der Waals surface area contributed by atoms with Crippen molar-refractivity contribution in [2.75, 3.05) is 5.32 Å². The summed E-state index contributed by atoms with van der Waals surface area (Å²) in [6, 6.07) is 16.3. The summed E-state index contributed by atoms with van der Waals surface area (Å²) in [5.74, 6) is 0.0143. The number of hydrogen-bond acceptors (Lipinski definition) is 3. The van der Waals surface area contributed by atoms with Crippen LogP contribution >= 0.6 is 0 Å². The summed E-state index contributed by atoms with van der Waals surface area (Å²) >= 11 is 0. The predicted molar refractivity (Wildman–Crippen MR) is 84.4 cm³/mol. The van der Waals surface area contributed by atoms with Gasteiger partial charge < -0.3 is 5.32 Å². The van der Waals surface area contributed by atoms with Crippen molar-refractivity contribution in [3.63, 3.8) is 0 Å². The molecule has 0 heterocycles. The van der Waals surface area contributed by atoms with Crippen LogP contribution in [0, 0.1) is 0 Å². The normalized spacial score (nSPS) is 9.95. The van der Waals surface area contributed by atoms with Gasteiger partial charge in [-0.15, -0.1) is 0 Å². The van der Waals surface area contributed by atoms with Crippen LogP contribution < -0.4 is 5.32 Å². The fraction of sp³-hybridized carbons (Fsp3) is 0.111. The van der Waals surface area contributed by atoms with Gasteiger partial charge in [-0.3, -0.25) is 9.59 Å². The van der Waals surface area contributed by atoms with E-state index in [4.69, 9.17) is 0 Å². The molecule has 1 N–H and O–H groups in total. The number of carbonyl (C=O) groups excluding carboxylic acids is 2. The van der Waals surface area contributed by atoms with Gasteiger partial charge in [0, 0.05) is 28.9 Å². The molecule has 0 bridgehead atoms. The van der Waals surface area contributed by atoms with E-state index in [2.05, 4.69) is 11.9 Å². The standard InChI is InChI=1S/C18H17NO2/c1-13(11-14(2)20)19-17-10-6-9-16(12-17)18(21)15-7-4-3-5-8-15/h3-10,12,19H,1,11H2,2H3. The lowest BCUT2D eigenvalue weighted by Gasteiger charge is -2.09. The van der Waals surface area contributed by atoms with Gasteiger partial charge in [-0.25, -0.2) is 0 Å². The third kappa shape index (κ3) is 4.14. The van der Waals surface area contributed by atoms with Crippen LogP contribution in [-0.2, 0) is 4.79 Å². The van der Waals surface area contributed by atoms with Crippen LogP contribution in [0.3, 0.4) is 0 Å². The van der Waals surface area contributed by atoms with E-state index in [1.54, 1.807) is 30.3 Å². The summed E-state index contributed by atoms with van der Waals surface area (Å²) < 4.78 is 0. The van der Waals surface area contributed by atoms with E-state index in [0.717, 1.165) is 5.69 Å². The zero-order valence-electron chi connectivity index (χ0n) is 11.9. The van der Waals surface area contributed by atoms with Gasteiger partial charge in [0.05, 0.1) is 0 Å². The Morgan fingerprint density at radius 2 is 1.67 bits per heavy atom. The molecule has 3 heteroatoms. The molecule has 0 saturated carbocycles. The van der Waals surface area contributed by atoms with Crippen molar-refractivity contribution in [2.45, 2.75) is 13.3 Å². The number of nitrogens with one attached hydrogen (secondary N) is 1. The first-order chi connectivity index (χ1) is 10.1. The Labute approximate surface area is 124 Å². The number of carbonyl (C=O) groups is 2. The average Bonchev–Trinajstić information content (AvgIpc) is 2.46. The minimum Gasteiger partial charge on any atom is -0.359 e. The summed E-state index contributed by atoms with van der Waals surface area (Å²) in [6.07, 6.45) is 0.275. The Morgan fingerprint density at radius 3 is 2.33 bits per heavy atom. The second kappa shape index (κ2) is 6.66. The molecular weight excluding hydrogens is 262 g/mol. The van der Waals surface area contributed by atoms with Gasteiger partial charge in [0.1, 0.15) is 5.78 Å². The Morgan fingerprint density at radius 1 is 1.00 bits per heavy atom. The Kier molecular flexibility index (Phi) is 4.67. The summed E-state index contributed by atoms with van der Waals surface area (Å²) in [5, 5.41) is 3.05. The molecule has 106 valence electrons. The minimum atomic E-state index is -0.0311. The monoisotopic (exact) mass is 279 g/mol. The SMILES string of the molecule is C=C(CC(C)=O)Nc1cccc(C(=O)c2ccccc2)c1. The van der Waals surface area contributed by atoms with Crippen molar-refractivity contribution in [1.29, 1.82) is 0 Å². The van der Waals surface area contributed by atoms with E-state index >= 15 is 0 Å². The number of Topliss-reactive ketones (excluding diaryl/α,β-unsaturated/α-hetero) is 1. The Balaban J connectivity index is 2.16. The smallest absolute Gasteiger partial charge is 0.193 e. The van der Waals surface area contributed by atoms with E-state index in [-0.39, 0.29) is 18.0 Å². The van der Waals surface area contributed by atoms with Gasteiger partial charge in [-0.05, 0) is 19.1 Å². The maximum Gasteiger partial charge on any atom is 0.193 e. The summed E-state index contributed by atoms with van der Waals surface area (Å²) in [6.45, 7) is 5.32. The molecule has 0 unspecified atom stereocenters. The minimum absolute atomic E-state index is 0.0311. The number of benzene rings is 2. The molecule has 0 amide bonds. The topological polar surface area (TPSA) is 46.2 Å². The number of allylic oxidation sites excluding steroid dienone is 1. The maximum atomic E-state index is 12.4. The molecule has 0 saturated heterocycles. The van der Waals surface area contributed by atoms with Crippen LogP contribution in [0.4, 0.5) is 5.69 Å². The Hall–Kier alpha value is -2.68. The molecular formula is C18H17NO2. The fourth-order valence-corrected chi connectivity index (χ4v) is 2.04. The molecule has 2 rings (SSSR count). The molecule has 0 aliphatic rings. The summed E-state index contributed by atoms with van der Waals surface area (Å²) in [5.41, 5.74) is 2.62. The second-order valence-electron chi connectivity index (χ2n) is 4.88. The van der Waals surface area contributed by atoms with E-state index in [9.17, 15) is 9.59 Å². The molecule has 0 radical (unpaired) electrons. The molecule has 2 aromatic carbocycles. The first-order valence-corrected chi connectivity index (χ1v) is 6.70. The van der Waals surface area contributed by atoms with Gasteiger partial charge >= 0.3 is 0 Å². The third-order valence-corrected chi connectivity index (χ3v) is 2.94. The van der Waals surface area contributed by atoms with E-state index in [0.29, 0.717) is 16.8 Å². The third-order valence-electron chi connectivity index (χ3n) is 2.94. The van der Waals surface area contributed by atoms with Crippen LogP contribution in [0.5, 0.6) is 0 Å². The van der Waals surface area contributed by atoms with E-state index in [1.807, 2.05) is 24.3 Å². The van der Waals surface area contributed by atoms with Gasteiger partial charge in [0.15, 0.2) is 5.78 Å². The molecule has 0 aliphatic carbocycles. The van der Waals surface area contributed by atoms with Crippen LogP contribution in [0.15, 0.2) is 66.9 Å². The molecule has 0 aliphatic heterocycles. The van der Waals surface area contributed by atoms with Gasteiger partial charge in [0.25, 0.3) is 0 Å². The number of ketones is 2. The fourth-order valence-electron chi connectivity index (χ4n) is 2.04. The van der Waals surface area contributed by atoms with Crippen LogP contribution in [-0.4, -0.2) is 11.6 Å². The molecule has 3 nitrogen and oxygen atoms in total. The van der Waals surface area contributed by atoms with Crippen molar-refractivity contribution in [1.82, 2.24) is 0 Å². The summed E-state index contributed by atoms with van der Waals surface area (Å²) in [4.78, 5) is 23.4. The lowest BCUT2D eigenvalue weighted by Crippen LogP contribution is -2.05. The predicted octanol–water partition coefficient (Wildman–Crippen LogP) is 3.82. The second-order valence-corrected chi connectivity index (χ2v) is 4.88. The van der Waals surface area contributed by atoms with Crippen molar-refractivity contribution in [3.05, 3.63) is 78.0 Å². The summed E-state index contributed by atoms with van der Waals surface area (Å²) in [7, 11) is 0. The molecule has 21 heavy (non-hydrogen) atoms. The van der Waals surface area contributed by atoms with E-state index < -0.39 is 0 Å². The zero-order chi connectivity index (χ0) is 15.2. The molecule has 0 spiro atoms. The molecule has 2 aromatic rings. The van der Waals surface area contributed by atoms with Crippen molar-refractivity contribution >= 4 is 17.3 Å². The van der Waals surface area contributed by atoms with Crippen LogP contribution in [0.1, 0.15) is 29.3 Å². The first kappa shape index (κ1) is 14.7. The molecule has 0 fully saturated rings. The highest BCUT2D eigenvalue weighted by Crippen LogP contribution is 2.17. The lowest BCUT2D eigenvalue weighted by molar-refractivity contribution is -0.116. The first-order valence-electron chi connectivity index (χ1n) is 6.70. The van der Waals surface area contributed by atoms with Gasteiger partial charge in [-0.1, -0.05) is 49.0 Å². The van der Waals surface area contributed by atoms with Crippen molar-refractivity contribution < 1.29 is 9.59 Å². The van der Waals surface area contributed by atoms with Gasteiger partial charge in [0.2, 0.25) is 0 Å². The van der Waals surface area contributed by atoms with Crippen molar-refractivity contribution in [3.8, 4) is 0 Å². The maximum absolute atomic E-state index is 12.4. The zero-order valence-corrected chi connectivity index (χ0v) is 11.9. The highest BCUT2D eigenvalue weighted by molar-refractivity contribution is 6.09.